The third-order valence-electron chi connectivity index (χ3n) is 3.61. The minimum atomic E-state index is -0.0184. The SMILES string of the molecule is CCCNC(=O)N1CCN(CC(=O)Nc2ccccc2)CC1. The molecule has 2 rings (SSSR count). The lowest BCUT2D eigenvalue weighted by molar-refractivity contribution is -0.117. The predicted octanol–water partition coefficient (Wildman–Crippen LogP) is 1.36. The molecule has 1 aliphatic rings. The maximum absolute atomic E-state index is 12.0. The number of amides is 3. The van der Waals surface area contributed by atoms with Crippen molar-refractivity contribution in [3.8, 4) is 0 Å². The van der Waals surface area contributed by atoms with Crippen molar-refractivity contribution in [1.29, 1.82) is 0 Å². The maximum Gasteiger partial charge on any atom is 0.317 e. The Hall–Kier alpha value is -2.08. The lowest BCUT2D eigenvalue weighted by Crippen LogP contribution is -2.53. The Bertz CT molecular complexity index is 484. The molecule has 22 heavy (non-hydrogen) atoms. The van der Waals surface area contributed by atoms with E-state index >= 15 is 0 Å². The maximum atomic E-state index is 12.0. The van der Waals surface area contributed by atoms with Crippen molar-refractivity contribution in [3.63, 3.8) is 0 Å². The van der Waals surface area contributed by atoms with Gasteiger partial charge in [-0.2, -0.15) is 0 Å². The second-order valence-corrected chi connectivity index (χ2v) is 5.41. The van der Waals surface area contributed by atoms with Crippen molar-refractivity contribution < 1.29 is 9.59 Å². The molecule has 1 aliphatic heterocycles. The molecule has 1 saturated heterocycles. The van der Waals surface area contributed by atoms with Gasteiger partial charge in [0.1, 0.15) is 0 Å². The molecule has 6 heteroatoms. The van der Waals surface area contributed by atoms with Gasteiger partial charge in [-0.25, -0.2) is 4.79 Å². The number of piperazine rings is 1. The third-order valence-corrected chi connectivity index (χ3v) is 3.61. The average molecular weight is 304 g/mol. The van der Waals surface area contributed by atoms with Crippen LogP contribution in [0, 0.1) is 0 Å². The zero-order valence-corrected chi connectivity index (χ0v) is 13.0. The van der Waals surface area contributed by atoms with E-state index in [0.717, 1.165) is 25.2 Å². The summed E-state index contributed by atoms with van der Waals surface area (Å²) in [5.41, 5.74) is 0.810. The van der Waals surface area contributed by atoms with Crippen LogP contribution in [0.4, 0.5) is 10.5 Å². The van der Waals surface area contributed by atoms with Crippen LogP contribution in [0.1, 0.15) is 13.3 Å². The van der Waals surface area contributed by atoms with Crippen LogP contribution in [0.15, 0.2) is 30.3 Å². The molecule has 0 radical (unpaired) electrons. The lowest BCUT2D eigenvalue weighted by atomic mass is 10.3. The van der Waals surface area contributed by atoms with Gasteiger partial charge in [0.2, 0.25) is 5.91 Å². The van der Waals surface area contributed by atoms with Crippen molar-refractivity contribution in [2.24, 2.45) is 0 Å². The molecule has 1 heterocycles. The number of hydrogen-bond donors (Lipinski definition) is 2. The molecule has 120 valence electrons. The van der Waals surface area contributed by atoms with Crippen LogP contribution in [0.25, 0.3) is 0 Å². The Morgan fingerprint density at radius 3 is 2.41 bits per heavy atom. The van der Waals surface area contributed by atoms with Crippen LogP contribution in [0.3, 0.4) is 0 Å². The normalized spacial score (nSPS) is 15.4. The van der Waals surface area contributed by atoms with Crippen LogP contribution in [0.5, 0.6) is 0 Å². The van der Waals surface area contributed by atoms with E-state index in [1.165, 1.54) is 0 Å². The van der Waals surface area contributed by atoms with Gasteiger partial charge in [0.25, 0.3) is 0 Å². The van der Waals surface area contributed by atoms with E-state index in [9.17, 15) is 9.59 Å². The summed E-state index contributed by atoms with van der Waals surface area (Å²) in [4.78, 5) is 27.7. The molecule has 0 aliphatic carbocycles. The minimum Gasteiger partial charge on any atom is -0.338 e. The molecule has 1 aromatic rings. The van der Waals surface area contributed by atoms with Crippen molar-refractivity contribution >= 4 is 17.6 Å². The van der Waals surface area contributed by atoms with Crippen molar-refractivity contribution in [2.45, 2.75) is 13.3 Å². The first-order valence-corrected chi connectivity index (χ1v) is 7.79. The smallest absolute Gasteiger partial charge is 0.317 e. The van der Waals surface area contributed by atoms with Gasteiger partial charge in [0, 0.05) is 38.4 Å². The van der Waals surface area contributed by atoms with Gasteiger partial charge in [0.05, 0.1) is 6.54 Å². The second kappa shape index (κ2) is 8.38. The summed E-state index contributed by atoms with van der Waals surface area (Å²) >= 11 is 0. The number of nitrogens with zero attached hydrogens (tertiary/aromatic N) is 2. The van der Waals surface area contributed by atoms with Crippen molar-refractivity contribution in [1.82, 2.24) is 15.1 Å². The van der Waals surface area contributed by atoms with Gasteiger partial charge in [-0.15, -0.1) is 0 Å². The van der Waals surface area contributed by atoms with E-state index in [1.54, 1.807) is 4.90 Å². The highest BCUT2D eigenvalue weighted by molar-refractivity contribution is 5.92. The van der Waals surface area contributed by atoms with Crippen LogP contribution < -0.4 is 10.6 Å². The molecular formula is C16H24N4O2. The average Bonchev–Trinajstić information content (AvgIpc) is 2.54. The highest BCUT2D eigenvalue weighted by Crippen LogP contribution is 2.06. The topological polar surface area (TPSA) is 64.7 Å². The van der Waals surface area contributed by atoms with Gasteiger partial charge in [-0.05, 0) is 18.6 Å². The summed E-state index contributed by atoms with van der Waals surface area (Å²) in [5, 5.41) is 5.76. The summed E-state index contributed by atoms with van der Waals surface area (Å²) in [5.74, 6) is -0.0184. The third kappa shape index (κ3) is 5.04. The number of hydrogen-bond acceptors (Lipinski definition) is 3. The summed E-state index contributed by atoms with van der Waals surface area (Å²) in [6, 6.07) is 9.43. The van der Waals surface area contributed by atoms with Gasteiger partial charge < -0.3 is 15.5 Å². The fraction of sp³-hybridized carbons (Fsp3) is 0.500. The van der Waals surface area contributed by atoms with E-state index in [1.807, 2.05) is 37.3 Å². The molecule has 0 spiro atoms. The monoisotopic (exact) mass is 304 g/mol. The summed E-state index contributed by atoms with van der Waals surface area (Å²) in [6.07, 6.45) is 0.936. The first-order chi connectivity index (χ1) is 10.7. The van der Waals surface area contributed by atoms with Gasteiger partial charge in [-0.1, -0.05) is 25.1 Å². The number of benzene rings is 1. The minimum absolute atomic E-state index is 0.00441. The fourth-order valence-corrected chi connectivity index (χ4v) is 2.38. The molecule has 0 unspecified atom stereocenters. The van der Waals surface area contributed by atoms with E-state index in [2.05, 4.69) is 15.5 Å². The Labute approximate surface area is 131 Å². The van der Waals surface area contributed by atoms with E-state index in [-0.39, 0.29) is 11.9 Å². The Morgan fingerprint density at radius 2 is 1.77 bits per heavy atom. The largest absolute Gasteiger partial charge is 0.338 e. The van der Waals surface area contributed by atoms with E-state index in [4.69, 9.17) is 0 Å². The summed E-state index contributed by atoms with van der Waals surface area (Å²) in [6.45, 7) is 5.87. The first kappa shape index (κ1) is 16.3. The van der Waals surface area contributed by atoms with E-state index in [0.29, 0.717) is 26.2 Å². The number of rotatable bonds is 5. The first-order valence-electron chi connectivity index (χ1n) is 7.79. The van der Waals surface area contributed by atoms with Crippen molar-refractivity contribution in [2.75, 3.05) is 44.6 Å². The molecule has 3 amide bonds. The Morgan fingerprint density at radius 1 is 1.09 bits per heavy atom. The molecule has 1 aromatic carbocycles. The zero-order chi connectivity index (χ0) is 15.8. The highest BCUT2D eigenvalue weighted by atomic mass is 16.2. The predicted molar refractivity (Wildman–Crippen MR) is 86.8 cm³/mol. The van der Waals surface area contributed by atoms with E-state index < -0.39 is 0 Å². The molecular weight excluding hydrogens is 280 g/mol. The number of nitrogens with one attached hydrogen (secondary N) is 2. The van der Waals surface area contributed by atoms with Gasteiger partial charge >= 0.3 is 6.03 Å². The molecule has 0 saturated carbocycles. The number of urea groups is 1. The molecule has 1 fully saturated rings. The van der Waals surface area contributed by atoms with Crippen LogP contribution >= 0.6 is 0 Å². The Balaban J connectivity index is 1.71. The zero-order valence-electron chi connectivity index (χ0n) is 13.0. The van der Waals surface area contributed by atoms with Gasteiger partial charge in [0.15, 0.2) is 0 Å². The number of para-hydroxylation sites is 1. The second-order valence-electron chi connectivity index (χ2n) is 5.41. The quantitative estimate of drug-likeness (QED) is 0.863. The molecule has 0 aromatic heterocycles. The summed E-state index contributed by atoms with van der Waals surface area (Å²) in [7, 11) is 0. The fourth-order valence-electron chi connectivity index (χ4n) is 2.38. The highest BCUT2D eigenvalue weighted by Gasteiger charge is 2.21. The van der Waals surface area contributed by atoms with Crippen LogP contribution in [-0.2, 0) is 4.79 Å². The van der Waals surface area contributed by atoms with Crippen LogP contribution in [0.2, 0.25) is 0 Å². The molecule has 0 bridgehead atoms. The molecule has 2 N–H and O–H groups in total. The molecule has 6 nitrogen and oxygen atoms in total. The van der Waals surface area contributed by atoms with Crippen LogP contribution in [-0.4, -0.2) is 61.0 Å². The standard InChI is InChI=1S/C16H24N4O2/c1-2-8-17-16(22)20-11-9-19(10-12-20)13-15(21)18-14-6-4-3-5-7-14/h3-7H,2,8-13H2,1H3,(H,17,22)(H,18,21). The number of carbonyl (C=O) groups excluding carboxylic acids is 2. The van der Waals surface area contributed by atoms with Crippen molar-refractivity contribution in [3.05, 3.63) is 30.3 Å². The summed E-state index contributed by atoms with van der Waals surface area (Å²) < 4.78 is 0. The Kier molecular flexibility index (Phi) is 6.21. The van der Waals surface area contributed by atoms with Gasteiger partial charge in [-0.3, -0.25) is 9.69 Å². The number of anilines is 1. The lowest BCUT2D eigenvalue weighted by Gasteiger charge is -2.34. The number of carbonyl (C=O) groups is 2. The molecule has 0 atom stereocenters.